The number of hydrogen-bond donors (Lipinski definition) is 1. The highest BCUT2D eigenvalue weighted by molar-refractivity contribution is 5.85. The summed E-state index contributed by atoms with van der Waals surface area (Å²) in [6.07, 6.45) is -3.59. The molecule has 2 aromatic rings. The molecule has 2 heterocycles. The molecule has 1 N–H and O–H groups in total. The molecule has 1 aliphatic heterocycles. The Morgan fingerprint density at radius 1 is 1.37 bits per heavy atom. The highest BCUT2D eigenvalue weighted by atomic mass is 19.4. The molecular weight excluding hydrogens is 361 g/mol. The van der Waals surface area contributed by atoms with Crippen LogP contribution in [-0.4, -0.2) is 44.0 Å². The lowest BCUT2D eigenvalue weighted by Gasteiger charge is -2.36. The fourth-order valence-electron chi connectivity index (χ4n) is 3.25. The summed E-state index contributed by atoms with van der Waals surface area (Å²) in [6.45, 7) is 2.12. The van der Waals surface area contributed by atoms with Crippen molar-refractivity contribution in [2.24, 2.45) is 0 Å². The largest absolute Gasteiger partial charge is 0.426 e. The Balaban J connectivity index is 1.97. The molecule has 1 amide bonds. The summed E-state index contributed by atoms with van der Waals surface area (Å²) >= 11 is 0. The van der Waals surface area contributed by atoms with Crippen LogP contribution in [0.1, 0.15) is 36.6 Å². The Labute approximate surface area is 153 Å². The number of rotatable bonds is 2. The van der Waals surface area contributed by atoms with E-state index in [9.17, 15) is 28.3 Å². The number of carbonyl (C=O) groups excluding carboxylic acids is 1. The summed E-state index contributed by atoms with van der Waals surface area (Å²) in [5.41, 5.74) is -1.17. The fraction of sp³-hybridized carbons (Fsp3) is 0.389. The van der Waals surface area contributed by atoms with Crippen molar-refractivity contribution in [1.29, 1.82) is 5.26 Å². The van der Waals surface area contributed by atoms with E-state index in [2.05, 4.69) is 11.2 Å². The van der Waals surface area contributed by atoms with E-state index in [0.717, 1.165) is 10.6 Å². The number of aliphatic hydroxyl groups is 1. The Kier molecular flexibility index (Phi) is 4.48. The van der Waals surface area contributed by atoms with Crippen molar-refractivity contribution in [2.45, 2.75) is 38.1 Å². The molecule has 1 aliphatic rings. The van der Waals surface area contributed by atoms with Gasteiger partial charge in [-0.3, -0.25) is 4.79 Å². The number of para-hydroxylation sites is 1. The van der Waals surface area contributed by atoms with Crippen molar-refractivity contribution < 1.29 is 23.1 Å². The minimum Gasteiger partial charge on any atom is -0.373 e. The van der Waals surface area contributed by atoms with Gasteiger partial charge in [0, 0.05) is 24.6 Å². The summed E-state index contributed by atoms with van der Waals surface area (Å²) in [5.74, 6) is -1.73. The molecule has 0 radical (unpaired) electrons. The number of alkyl halides is 3. The van der Waals surface area contributed by atoms with Crippen LogP contribution in [0.5, 0.6) is 0 Å². The standard InChI is InChI=1S/C18H17F3N4O2/c1-11-9-24(16(26)17(2,27)18(19,20)21)10-13-8-23-25(15(11)13)14-6-4-3-5-12(14)7-22/h3-6,8,11,27H,9-10H2,1-2H3/t11-,17?/m0/s1. The van der Waals surface area contributed by atoms with Crippen molar-refractivity contribution >= 4 is 5.91 Å². The Hall–Kier alpha value is -2.86. The molecule has 2 atom stereocenters. The molecule has 9 heteroatoms. The van der Waals surface area contributed by atoms with Crippen LogP contribution in [0.15, 0.2) is 30.5 Å². The molecule has 0 saturated heterocycles. The maximum absolute atomic E-state index is 13.0. The third-order valence-corrected chi connectivity index (χ3v) is 4.72. The second kappa shape index (κ2) is 6.39. The Morgan fingerprint density at radius 3 is 2.67 bits per heavy atom. The Bertz CT molecular complexity index is 927. The van der Waals surface area contributed by atoms with Crippen molar-refractivity contribution in [3.8, 4) is 11.8 Å². The highest BCUT2D eigenvalue weighted by Gasteiger charge is 2.57. The molecule has 0 bridgehead atoms. The number of carbonyl (C=O) groups is 1. The zero-order valence-corrected chi connectivity index (χ0v) is 14.7. The van der Waals surface area contributed by atoms with Crippen molar-refractivity contribution in [1.82, 2.24) is 14.7 Å². The van der Waals surface area contributed by atoms with E-state index >= 15 is 0 Å². The molecule has 6 nitrogen and oxygen atoms in total. The van der Waals surface area contributed by atoms with Crippen LogP contribution in [-0.2, 0) is 11.3 Å². The van der Waals surface area contributed by atoms with Gasteiger partial charge in [-0.2, -0.15) is 23.5 Å². The third kappa shape index (κ3) is 3.06. The second-order valence-corrected chi connectivity index (χ2v) is 6.75. The minimum absolute atomic E-state index is 0.00151. The lowest BCUT2D eigenvalue weighted by molar-refractivity contribution is -0.250. The number of nitriles is 1. The molecule has 1 aromatic carbocycles. The fourth-order valence-corrected chi connectivity index (χ4v) is 3.25. The average molecular weight is 378 g/mol. The first-order valence-electron chi connectivity index (χ1n) is 8.22. The van der Waals surface area contributed by atoms with Gasteiger partial charge in [-0.15, -0.1) is 0 Å². The molecule has 0 fully saturated rings. The molecule has 0 saturated carbocycles. The van der Waals surface area contributed by atoms with E-state index in [-0.39, 0.29) is 19.0 Å². The van der Waals surface area contributed by atoms with Crippen LogP contribution in [0.4, 0.5) is 13.2 Å². The topological polar surface area (TPSA) is 82.2 Å². The van der Waals surface area contributed by atoms with Gasteiger partial charge in [0.2, 0.25) is 5.60 Å². The maximum atomic E-state index is 13.0. The quantitative estimate of drug-likeness (QED) is 0.871. The monoisotopic (exact) mass is 378 g/mol. The van der Waals surface area contributed by atoms with Gasteiger partial charge in [0.15, 0.2) is 0 Å². The smallest absolute Gasteiger partial charge is 0.373 e. The van der Waals surface area contributed by atoms with Crippen LogP contribution in [0, 0.1) is 11.3 Å². The molecule has 1 unspecified atom stereocenters. The first-order valence-corrected chi connectivity index (χ1v) is 8.22. The van der Waals surface area contributed by atoms with Crippen LogP contribution in [0.2, 0.25) is 0 Å². The maximum Gasteiger partial charge on any atom is 0.426 e. The number of nitrogens with zero attached hydrogens (tertiary/aromatic N) is 4. The van der Waals surface area contributed by atoms with Gasteiger partial charge in [0.1, 0.15) is 6.07 Å². The molecular formula is C18H17F3N4O2. The number of aromatic nitrogens is 2. The number of amides is 1. The molecule has 142 valence electrons. The summed E-state index contributed by atoms with van der Waals surface area (Å²) in [5, 5.41) is 23.2. The van der Waals surface area contributed by atoms with Crippen LogP contribution in [0.25, 0.3) is 5.69 Å². The van der Waals surface area contributed by atoms with Gasteiger partial charge < -0.3 is 10.0 Å². The summed E-state index contributed by atoms with van der Waals surface area (Å²) < 4.78 is 40.6. The number of halogens is 3. The predicted molar refractivity (Wildman–Crippen MR) is 88.8 cm³/mol. The summed E-state index contributed by atoms with van der Waals surface area (Å²) in [4.78, 5) is 13.3. The van der Waals surface area contributed by atoms with Crippen molar-refractivity contribution in [3.05, 3.63) is 47.3 Å². The third-order valence-electron chi connectivity index (χ3n) is 4.72. The van der Waals surface area contributed by atoms with E-state index in [4.69, 9.17) is 0 Å². The minimum atomic E-state index is -5.07. The normalized spacial score (nSPS) is 19.1. The second-order valence-electron chi connectivity index (χ2n) is 6.75. The summed E-state index contributed by atoms with van der Waals surface area (Å²) in [7, 11) is 0. The van der Waals surface area contributed by atoms with Gasteiger partial charge >= 0.3 is 6.18 Å². The van der Waals surface area contributed by atoms with Crippen LogP contribution >= 0.6 is 0 Å². The average Bonchev–Trinajstić information content (AvgIpc) is 3.04. The van der Waals surface area contributed by atoms with E-state index in [1.807, 2.05) is 0 Å². The first-order chi connectivity index (χ1) is 12.6. The van der Waals surface area contributed by atoms with Crippen molar-refractivity contribution in [3.63, 3.8) is 0 Å². The van der Waals surface area contributed by atoms with E-state index in [1.54, 1.807) is 35.9 Å². The lowest BCUT2D eigenvalue weighted by Crippen LogP contribution is -2.57. The molecule has 27 heavy (non-hydrogen) atoms. The predicted octanol–water partition coefficient (Wildman–Crippen LogP) is 2.50. The Morgan fingerprint density at radius 2 is 2.04 bits per heavy atom. The number of fused-ring (bicyclic) bond motifs is 1. The zero-order chi connectivity index (χ0) is 20.0. The van der Waals surface area contributed by atoms with Crippen molar-refractivity contribution in [2.75, 3.05) is 6.54 Å². The zero-order valence-electron chi connectivity index (χ0n) is 14.7. The van der Waals surface area contributed by atoms with Gasteiger partial charge in [0.05, 0.1) is 23.1 Å². The van der Waals surface area contributed by atoms with E-state index < -0.39 is 17.7 Å². The highest BCUT2D eigenvalue weighted by Crippen LogP contribution is 2.36. The van der Waals surface area contributed by atoms with Gasteiger partial charge in [0.25, 0.3) is 5.91 Å². The number of hydrogen-bond acceptors (Lipinski definition) is 4. The first kappa shape index (κ1) is 18.9. The van der Waals surface area contributed by atoms with Crippen LogP contribution in [0.3, 0.4) is 0 Å². The van der Waals surface area contributed by atoms with E-state index in [0.29, 0.717) is 23.7 Å². The van der Waals surface area contributed by atoms with Gasteiger partial charge in [-0.1, -0.05) is 19.1 Å². The van der Waals surface area contributed by atoms with E-state index in [1.165, 1.54) is 6.20 Å². The summed E-state index contributed by atoms with van der Waals surface area (Å²) in [6, 6.07) is 8.94. The number of benzene rings is 1. The van der Waals surface area contributed by atoms with Gasteiger partial charge in [-0.05, 0) is 19.1 Å². The lowest BCUT2D eigenvalue weighted by atomic mass is 9.95. The van der Waals surface area contributed by atoms with Gasteiger partial charge in [-0.25, -0.2) is 4.68 Å². The SMILES string of the molecule is C[C@H]1CN(C(=O)C(C)(O)C(F)(F)F)Cc2cnn(-c3ccccc3C#N)c21. The molecule has 1 aromatic heterocycles. The molecule has 0 aliphatic carbocycles. The molecule has 3 rings (SSSR count). The van der Waals surface area contributed by atoms with Crippen LogP contribution < -0.4 is 0 Å². The molecule has 0 spiro atoms.